The fourth-order valence-electron chi connectivity index (χ4n) is 8.34. The quantitative estimate of drug-likeness (QED) is 0.202. The average Bonchev–Trinajstić information content (AvgIpc) is 3.77. The smallest absolute Gasteiger partial charge is 0.0620 e. The molecule has 6 aromatic carbocycles. The topological polar surface area (TPSA) is 8.82 Å². The van der Waals surface area contributed by atoms with E-state index in [9.17, 15) is 0 Å². The highest BCUT2D eigenvalue weighted by Crippen LogP contribution is 2.50. The van der Waals surface area contributed by atoms with E-state index >= 15 is 0 Å². The van der Waals surface area contributed by atoms with Gasteiger partial charge in [-0.05, 0) is 70.5 Å². The molecule has 10 aromatic rings. The normalized spacial score (nSPS) is 13.5. The van der Waals surface area contributed by atoms with Crippen LogP contribution in [0.5, 0.6) is 0 Å². The fraction of sp³-hybridized carbons (Fsp3) is 0.143. The van der Waals surface area contributed by atoms with Crippen molar-refractivity contribution in [3.63, 3.8) is 0 Å². The number of aromatic nitrogens is 2. The number of para-hydroxylation sites is 4. The molecule has 0 bridgehead atoms. The Bertz CT molecular complexity index is 2410. The van der Waals surface area contributed by atoms with Gasteiger partial charge in [-0.25, -0.2) is 0 Å². The number of fused-ring (bicyclic) bond motifs is 12. The molecule has 0 spiro atoms. The highest BCUT2D eigenvalue weighted by Gasteiger charge is 2.41. The maximum absolute atomic E-state index is 2.49. The summed E-state index contributed by atoms with van der Waals surface area (Å²) in [6, 6.07) is 45.5. The first kappa shape index (κ1) is 24.4. The number of rotatable bonds is 3. The Morgan fingerprint density at radius 1 is 0.341 bits per heavy atom. The minimum Gasteiger partial charge on any atom is -0.308 e. The van der Waals surface area contributed by atoms with Crippen molar-refractivity contribution in [2.24, 2.45) is 0 Å². The number of benzene rings is 6. The molecule has 0 amide bonds. The molecule has 0 radical (unpaired) electrons. The van der Waals surface area contributed by atoms with E-state index < -0.39 is 0 Å². The van der Waals surface area contributed by atoms with Gasteiger partial charge in [-0.2, -0.15) is 0 Å². The number of nitrogens with zero attached hydrogens (tertiary/aromatic N) is 2. The summed E-state index contributed by atoms with van der Waals surface area (Å²) in [7, 11) is 0. The van der Waals surface area contributed by atoms with Crippen LogP contribution in [0.4, 0.5) is 0 Å². The maximum atomic E-state index is 2.49. The van der Waals surface area contributed by atoms with E-state index in [0.717, 1.165) is 0 Å². The van der Waals surface area contributed by atoms with Crippen LogP contribution in [0, 0.1) is 0 Å². The van der Waals surface area contributed by atoms with Crippen molar-refractivity contribution in [1.29, 1.82) is 0 Å². The Morgan fingerprint density at radius 3 is 0.864 bits per heavy atom. The van der Waals surface area contributed by atoms with Gasteiger partial charge < -0.3 is 8.80 Å². The molecular weight excluding hydrogens is 532 g/mol. The van der Waals surface area contributed by atoms with Crippen molar-refractivity contribution < 1.29 is 0 Å². The number of hydrogen-bond donors (Lipinski definition) is 0. The van der Waals surface area contributed by atoms with Gasteiger partial charge in [0.05, 0.1) is 33.1 Å². The van der Waals surface area contributed by atoms with Gasteiger partial charge in [-0.1, -0.05) is 100 Å². The molecule has 4 aromatic heterocycles. The third-order valence-corrected chi connectivity index (χ3v) is 11.4. The Labute approximate surface area is 255 Å². The molecule has 210 valence electrons. The second-order valence-corrected chi connectivity index (χ2v) is 13.8. The minimum atomic E-state index is -0.171. The second-order valence-electron chi connectivity index (χ2n) is 13.8. The van der Waals surface area contributed by atoms with Crippen LogP contribution in [-0.4, -0.2) is 8.80 Å². The molecule has 0 saturated carbocycles. The van der Waals surface area contributed by atoms with Crippen LogP contribution in [-0.2, 0) is 10.8 Å². The minimum absolute atomic E-state index is 0.171. The zero-order valence-electron chi connectivity index (χ0n) is 25.4. The Hall–Kier alpha value is -5.08. The van der Waals surface area contributed by atoms with E-state index in [0.29, 0.717) is 0 Å². The van der Waals surface area contributed by atoms with Crippen LogP contribution in [0.1, 0.15) is 38.8 Å². The lowest BCUT2D eigenvalue weighted by Gasteiger charge is -2.43. The molecule has 0 aliphatic rings. The zero-order valence-corrected chi connectivity index (χ0v) is 25.4. The third kappa shape index (κ3) is 2.74. The molecule has 2 heteroatoms. The van der Waals surface area contributed by atoms with Gasteiger partial charge in [0.1, 0.15) is 0 Å². The molecule has 0 unspecified atom stereocenters. The predicted octanol–water partition coefficient (Wildman–Crippen LogP) is 11.2. The molecule has 4 heterocycles. The van der Waals surface area contributed by atoms with Crippen LogP contribution < -0.4 is 0 Å². The van der Waals surface area contributed by atoms with E-state index in [1.165, 1.54) is 87.3 Å². The largest absolute Gasteiger partial charge is 0.308 e. The zero-order chi connectivity index (χ0) is 29.5. The first-order valence-corrected chi connectivity index (χ1v) is 15.7. The molecule has 2 nitrogen and oxygen atoms in total. The van der Waals surface area contributed by atoms with Crippen LogP contribution in [0.3, 0.4) is 0 Å². The van der Waals surface area contributed by atoms with Crippen LogP contribution in [0.2, 0.25) is 0 Å². The predicted molar refractivity (Wildman–Crippen MR) is 188 cm³/mol. The standard InChI is InChI=1S/C42H32N2/c1-41(2,25-21-31-27-13-5-9-17-35(27)43-36-18-10-6-14-28(36)32(22-25)39(31)43)42(3,4)26-23-33-29-15-7-11-19-37(29)44-38-20-12-8-16-30(38)34(24-26)40(33)44/h5-24H,1-4H3. The SMILES string of the molecule is CC(C)(c1cc2c3ccccc3n3c4ccccc4c(c1)c23)C(C)(C)c1cc2c3ccccc3n3c4ccccc4c(c1)c23. The van der Waals surface area contributed by atoms with E-state index in [1.807, 2.05) is 0 Å². The van der Waals surface area contributed by atoms with Gasteiger partial charge in [0, 0.05) is 43.1 Å². The van der Waals surface area contributed by atoms with Crippen molar-refractivity contribution in [3.05, 3.63) is 132 Å². The summed E-state index contributed by atoms with van der Waals surface area (Å²) in [5.74, 6) is 0. The van der Waals surface area contributed by atoms with E-state index in [2.05, 4.69) is 158 Å². The van der Waals surface area contributed by atoms with Crippen molar-refractivity contribution in [2.75, 3.05) is 0 Å². The summed E-state index contributed by atoms with van der Waals surface area (Å²) in [6.07, 6.45) is 0. The van der Waals surface area contributed by atoms with Crippen molar-refractivity contribution in [3.8, 4) is 0 Å². The first-order chi connectivity index (χ1) is 21.4. The van der Waals surface area contributed by atoms with Gasteiger partial charge in [-0.3, -0.25) is 0 Å². The Morgan fingerprint density at radius 2 is 0.591 bits per heavy atom. The second kappa shape index (κ2) is 7.89. The molecule has 0 N–H and O–H groups in total. The maximum Gasteiger partial charge on any atom is 0.0620 e. The average molecular weight is 565 g/mol. The first-order valence-electron chi connectivity index (χ1n) is 15.7. The lowest BCUT2D eigenvalue weighted by molar-refractivity contribution is 0.304. The van der Waals surface area contributed by atoms with Crippen molar-refractivity contribution in [1.82, 2.24) is 8.80 Å². The summed E-state index contributed by atoms with van der Waals surface area (Å²) in [6.45, 7) is 9.78. The van der Waals surface area contributed by atoms with Crippen molar-refractivity contribution in [2.45, 2.75) is 38.5 Å². The van der Waals surface area contributed by atoms with Crippen LogP contribution >= 0.6 is 0 Å². The van der Waals surface area contributed by atoms with Crippen LogP contribution in [0.25, 0.3) is 76.2 Å². The monoisotopic (exact) mass is 564 g/mol. The van der Waals surface area contributed by atoms with Crippen LogP contribution in [0.15, 0.2) is 121 Å². The fourth-order valence-corrected chi connectivity index (χ4v) is 8.34. The third-order valence-electron chi connectivity index (χ3n) is 11.4. The van der Waals surface area contributed by atoms with E-state index in [-0.39, 0.29) is 10.8 Å². The summed E-state index contributed by atoms with van der Waals surface area (Å²) < 4.78 is 4.94. The van der Waals surface area contributed by atoms with E-state index in [4.69, 9.17) is 0 Å². The van der Waals surface area contributed by atoms with Gasteiger partial charge >= 0.3 is 0 Å². The molecule has 10 rings (SSSR count). The van der Waals surface area contributed by atoms with Gasteiger partial charge in [0.2, 0.25) is 0 Å². The number of hydrogen-bond acceptors (Lipinski definition) is 0. The van der Waals surface area contributed by atoms with Gasteiger partial charge in [-0.15, -0.1) is 0 Å². The Kier molecular flexibility index (Phi) is 4.37. The molecule has 0 saturated heterocycles. The molecule has 0 atom stereocenters. The summed E-state index contributed by atoms with van der Waals surface area (Å²) in [4.78, 5) is 0. The molecule has 44 heavy (non-hydrogen) atoms. The highest BCUT2D eigenvalue weighted by molar-refractivity contribution is 6.24. The Balaban J connectivity index is 1.27. The highest BCUT2D eigenvalue weighted by atomic mass is 14.9. The molecular formula is C42H32N2. The van der Waals surface area contributed by atoms with E-state index in [1.54, 1.807) is 0 Å². The summed E-state index contributed by atoms with van der Waals surface area (Å²) in [5, 5.41) is 10.7. The lowest BCUT2D eigenvalue weighted by atomic mass is 9.60. The molecule has 0 aliphatic heterocycles. The van der Waals surface area contributed by atoms with Crippen molar-refractivity contribution >= 4 is 76.2 Å². The van der Waals surface area contributed by atoms with Gasteiger partial charge in [0.15, 0.2) is 0 Å². The molecule has 0 aliphatic carbocycles. The molecule has 0 fully saturated rings. The lowest BCUT2D eigenvalue weighted by Crippen LogP contribution is -2.40. The summed E-state index contributed by atoms with van der Waals surface area (Å²) in [5.41, 5.74) is 10.2. The summed E-state index contributed by atoms with van der Waals surface area (Å²) >= 11 is 0. The van der Waals surface area contributed by atoms with Gasteiger partial charge in [0.25, 0.3) is 0 Å².